The van der Waals surface area contributed by atoms with E-state index >= 15 is 0 Å². The largest absolute Gasteiger partial charge is 1.00 e. The van der Waals surface area contributed by atoms with E-state index < -0.39 is 69.7 Å². The maximum Gasteiger partial charge on any atom is 1.00 e. The number of carboxylic acids is 6. The molecule has 0 rings (SSSR count). The zero-order chi connectivity index (χ0) is 22.6. The first-order valence-corrected chi connectivity index (χ1v) is 9.01. The van der Waals surface area contributed by atoms with Gasteiger partial charge >= 0.3 is 48.7 Å². The van der Waals surface area contributed by atoms with Crippen molar-refractivity contribution < 1.29 is 78.3 Å². The second-order valence-electron chi connectivity index (χ2n) is 4.91. The van der Waals surface area contributed by atoms with Gasteiger partial charge in [0.2, 0.25) is 0 Å². The van der Waals surface area contributed by atoms with Crippen molar-refractivity contribution in [2.75, 3.05) is 0 Å². The molecular weight excluding hydrogens is 451 g/mol. The topological polar surface area (TPSA) is 227 Å². The summed E-state index contributed by atoms with van der Waals surface area (Å²) in [5.41, 5.74) is 0. The zero-order valence-corrected chi connectivity index (χ0v) is 17.4. The number of carboxylic acid groups (broad SMARTS) is 6. The van der Waals surface area contributed by atoms with Gasteiger partial charge in [0, 0.05) is 0 Å². The summed E-state index contributed by atoms with van der Waals surface area (Å²) in [7, 11) is 0. The number of carbonyl (C=O) groups is 6. The zero-order valence-electron chi connectivity index (χ0n) is 14.8. The van der Waals surface area contributed by atoms with Crippen LogP contribution in [-0.2, 0) is 28.8 Å². The monoisotopic (exact) mass is 468 g/mol. The smallest absolute Gasteiger partial charge is 0.549 e. The van der Waals surface area contributed by atoms with Gasteiger partial charge in [-0.05, 0) is 6.42 Å². The molecule has 5 N–H and O–H groups in total. The molecule has 0 aliphatic heterocycles. The van der Waals surface area contributed by atoms with Gasteiger partial charge in [-0.1, -0.05) is 0 Å². The molecule has 0 aliphatic carbocycles. The van der Waals surface area contributed by atoms with Crippen LogP contribution in [0.25, 0.3) is 0 Å². The summed E-state index contributed by atoms with van der Waals surface area (Å²) in [4.78, 5) is 62.1. The quantitative estimate of drug-likeness (QED) is 0.106. The number of aliphatic carboxylic acids is 6. The molecule has 0 amide bonds. The fourth-order valence-corrected chi connectivity index (χ4v) is 3.00. The second kappa shape index (κ2) is 16.3. The summed E-state index contributed by atoms with van der Waals surface area (Å²) in [5.74, 6) is -8.38. The van der Waals surface area contributed by atoms with Crippen LogP contribution in [0, 0.1) is 0 Å². The van der Waals surface area contributed by atoms with E-state index in [4.69, 9.17) is 25.5 Å². The van der Waals surface area contributed by atoms with Gasteiger partial charge in [-0.25, -0.2) is 0 Å². The third kappa shape index (κ3) is 17.1. The molecule has 0 bridgehead atoms. The van der Waals surface area contributed by atoms with Gasteiger partial charge in [0.05, 0.1) is 24.1 Å². The molecule has 4 unspecified atom stereocenters. The van der Waals surface area contributed by atoms with Crippen molar-refractivity contribution in [3.8, 4) is 0 Å². The summed E-state index contributed by atoms with van der Waals surface area (Å²) in [6.07, 6.45) is -1.73. The van der Waals surface area contributed by atoms with Gasteiger partial charge in [0.1, 0.15) is 15.7 Å². The molecule has 0 fully saturated rings. The normalized spacial score (nSPS) is 13.9. The second-order valence-corrected chi connectivity index (χ2v) is 7.57. The van der Waals surface area contributed by atoms with Crippen LogP contribution in [0.1, 0.15) is 19.3 Å². The standard InChI is InChI=1S/C8H10O8S.C5H8O4S2.Li/c9-5(10)1-3(7(13)14)17-4(8(15)16)2-6(11)12;6-4(7)2(10)1-3(11)5(8)9;/h3-4H,1-2H2,(H,9,10)(H,11,12)(H,13,14)(H,15,16);2-3,10-11H,1H2,(H,6,7)(H,8,9);/q;;+1/p-1. The average molecular weight is 468 g/mol. The van der Waals surface area contributed by atoms with Crippen LogP contribution < -0.4 is 24.0 Å². The SMILES string of the molecule is O=C(O)C(S)CC(S)C(=O)O.O=C(O)CC(SC(CC(=O)O)C(=O)O)C(=O)[O-].[Li+]. The Balaban J connectivity index is -0.000000491. The number of hydrogen-bond acceptors (Lipinski definition) is 10. The van der Waals surface area contributed by atoms with Crippen molar-refractivity contribution in [1.82, 2.24) is 0 Å². The van der Waals surface area contributed by atoms with Crippen molar-refractivity contribution in [3.05, 3.63) is 0 Å². The number of hydrogen-bond donors (Lipinski definition) is 7. The Bertz CT molecular complexity index is 564. The minimum atomic E-state index is -1.74. The Morgan fingerprint density at radius 2 is 1.07 bits per heavy atom. The predicted octanol–water partition coefficient (Wildman–Crippen LogP) is -4.61. The van der Waals surface area contributed by atoms with Crippen LogP contribution in [0.3, 0.4) is 0 Å². The van der Waals surface area contributed by atoms with Gasteiger partial charge in [-0.3, -0.25) is 24.0 Å². The molecule has 12 nitrogen and oxygen atoms in total. The molecule has 16 heteroatoms. The van der Waals surface area contributed by atoms with Gasteiger partial charge in [0.25, 0.3) is 0 Å². The van der Waals surface area contributed by atoms with E-state index in [2.05, 4.69) is 25.3 Å². The Morgan fingerprint density at radius 3 is 1.31 bits per heavy atom. The van der Waals surface area contributed by atoms with Crippen molar-refractivity contribution >= 4 is 72.8 Å². The molecule has 4 atom stereocenters. The van der Waals surface area contributed by atoms with E-state index in [-0.39, 0.29) is 37.0 Å². The molecule has 0 aromatic heterocycles. The van der Waals surface area contributed by atoms with E-state index in [1.54, 1.807) is 0 Å². The molecule has 0 saturated carbocycles. The third-order valence-corrected chi connectivity index (χ3v) is 4.85. The average Bonchev–Trinajstić information content (AvgIpc) is 2.52. The fourth-order valence-electron chi connectivity index (χ4n) is 1.31. The first kappa shape index (κ1) is 32.1. The molecule has 0 aliphatic rings. The summed E-state index contributed by atoms with van der Waals surface area (Å²) >= 11 is 7.53. The molecular formula is C13H17LiO12S3. The van der Waals surface area contributed by atoms with E-state index in [0.717, 1.165) is 0 Å². The van der Waals surface area contributed by atoms with E-state index in [1.807, 2.05) is 0 Å². The van der Waals surface area contributed by atoms with Gasteiger partial charge < -0.3 is 35.4 Å². The first-order chi connectivity index (χ1) is 12.7. The van der Waals surface area contributed by atoms with E-state index in [0.29, 0.717) is 0 Å². The summed E-state index contributed by atoms with van der Waals surface area (Å²) in [5, 5.41) is 47.5. The molecule has 0 spiro atoms. The van der Waals surface area contributed by atoms with Crippen LogP contribution in [0.15, 0.2) is 0 Å². The number of carbonyl (C=O) groups excluding carboxylic acids is 1. The molecule has 0 saturated heterocycles. The number of thiol groups is 2. The van der Waals surface area contributed by atoms with Gasteiger partial charge in [0.15, 0.2) is 0 Å². The van der Waals surface area contributed by atoms with Crippen LogP contribution in [0.2, 0.25) is 0 Å². The van der Waals surface area contributed by atoms with Crippen LogP contribution in [0.5, 0.6) is 0 Å². The summed E-state index contributed by atoms with van der Waals surface area (Å²) in [6.45, 7) is 0. The van der Waals surface area contributed by atoms with Crippen LogP contribution >= 0.6 is 37.0 Å². The number of thioether (sulfide) groups is 1. The van der Waals surface area contributed by atoms with Gasteiger partial charge in [-0.2, -0.15) is 25.3 Å². The fraction of sp³-hybridized carbons (Fsp3) is 0.538. The molecule has 0 radical (unpaired) electrons. The summed E-state index contributed by atoms with van der Waals surface area (Å²) < 4.78 is 0. The minimum absolute atomic E-state index is 0. The Morgan fingerprint density at radius 1 is 0.724 bits per heavy atom. The molecule has 0 aromatic carbocycles. The Hall–Kier alpha value is -1.53. The van der Waals surface area contributed by atoms with E-state index in [9.17, 15) is 33.9 Å². The Kier molecular flexibility index (Phi) is 18.0. The van der Waals surface area contributed by atoms with Crippen molar-refractivity contribution in [2.45, 2.75) is 40.3 Å². The Labute approximate surface area is 191 Å². The van der Waals surface area contributed by atoms with Crippen molar-refractivity contribution in [2.24, 2.45) is 0 Å². The molecule has 29 heavy (non-hydrogen) atoms. The third-order valence-electron chi connectivity index (χ3n) is 2.60. The predicted molar refractivity (Wildman–Crippen MR) is 97.8 cm³/mol. The minimum Gasteiger partial charge on any atom is -0.549 e. The molecule has 0 heterocycles. The maximum absolute atomic E-state index is 10.6. The number of rotatable bonds is 12. The van der Waals surface area contributed by atoms with Crippen molar-refractivity contribution in [1.29, 1.82) is 0 Å². The van der Waals surface area contributed by atoms with E-state index in [1.165, 1.54) is 0 Å². The molecule has 0 aromatic rings. The molecule has 160 valence electrons. The van der Waals surface area contributed by atoms with Gasteiger partial charge in [-0.15, -0.1) is 11.8 Å². The van der Waals surface area contributed by atoms with Crippen LogP contribution in [-0.4, -0.2) is 82.3 Å². The maximum atomic E-state index is 10.6. The first-order valence-electron chi connectivity index (χ1n) is 7.03. The van der Waals surface area contributed by atoms with Crippen LogP contribution in [0.4, 0.5) is 0 Å². The summed E-state index contributed by atoms with van der Waals surface area (Å²) in [6, 6.07) is 0. The van der Waals surface area contributed by atoms with Crippen molar-refractivity contribution in [3.63, 3.8) is 0 Å².